The number of aromatic nitrogens is 1. The van der Waals surface area contributed by atoms with Crippen molar-refractivity contribution in [2.24, 2.45) is 0 Å². The molecule has 0 aromatic carbocycles. The zero-order valence-corrected chi connectivity index (χ0v) is 13.3. The molecule has 1 saturated heterocycles. The van der Waals surface area contributed by atoms with Gasteiger partial charge < -0.3 is 15.4 Å². The SMILES string of the molecule is N#Cc1c[nH]c(C(=O)NC2CCN(C3CCCCC3O)CC2)c1. The molecule has 2 fully saturated rings. The van der Waals surface area contributed by atoms with Crippen LogP contribution in [0.15, 0.2) is 12.3 Å². The first-order valence-corrected chi connectivity index (χ1v) is 8.49. The van der Waals surface area contributed by atoms with E-state index >= 15 is 0 Å². The number of likely N-dealkylation sites (tertiary alicyclic amines) is 1. The number of rotatable bonds is 3. The zero-order valence-electron chi connectivity index (χ0n) is 13.3. The lowest BCUT2D eigenvalue weighted by Crippen LogP contribution is -2.52. The van der Waals surface area contributed by atoms with Crippen LogP contribution >= 0.6 is 0 Å². The second-order valence-electron chi connectivity index (χ2n) is 6.62. The molecule has 1 aliphatic carbocycles. The number of amides is 1. The van der Waals surface area contributed by atoms with Gasteiger partial charge in [-0.1, -0.05) is 12.8 Å². The van der Waals surface area contributed by atoms with E-state index in [4.69, 9.17) is 5.26 Å². The second-order valence-corrected chi connectivity index (χ2v) is 6.62. The Labute approximate surface area is 136 Å². The van der Waals surface area contributed by atoms with Gasteiger partial charge in [0.25, 0.3) is 5.91 Å². The molecule has 2 heterocycles. The average Bonchev–Trinajstić information content (AvgIpc) is 3.05. The summed E-state index contributed by atoms with van der Waals surface area (Å²) in [7, 11) is 0. The Hall–Kier alpha value is -1.84. The highest BCUT2D eigenvalue weighted by Gasteiger charge is 2.31. The third kappa shape index (κ3) is 3.74. The third-order valence-electron chi connectivity index (χ3n) is 5.08. The number of piperidine rings is 1. The van der Waals surface area contributed by atoms with Gasteiger partial charge in [-0.3, -0.25) is 9.69 Å². The summed E-state index contributed by atoms with van der Waals surface area (Å²) in [6.45, 7) is 1.84. The van der Waals surface area contributed by atoms with Crippen LogP contribution in [0.4, 0.5) is 0 Å². The minimum absolute atomic E-state index is 0.150. The average molecular weight is 316 g/mol. The first-order chi connectivity index (χ1) is 11.2. The van der Waals surface area contributed by atoms with Crippen LogP contribution in [0.2, 0.25) is 0 Å². The van der Waals surface area contributed by atoms with Crippen LogP contribution in [0.25, 0.3) is 0 Å². The number of carbonyl (C=O) groups excluding carboxylic acids is 1. The van der Waals surface area contributed by atoms with Crippen LogP contribution in [0, 0.1) is 11.3 Å². The van der Waals surface area contributed by atoms with Crippen molar-refractivity contribution in [3.05, 3.63) is 23.5 Å². The predicted octanol–water partition coefficient (Wildman–Crippen LogP) is 1.38. The molecule has 23 heavy (non-hydrogen) atoms. The summed E-state index contributed by atoms with van der Waals surface area (Å²) in [5, 5.41) is 22.0. The first kappa shape index (κ1) is 16.0. The number of H-pyrrole nitrogens is 1. The maximum atomic E-state index is 12.2. The summed E-state index contributed by atoms with van der Waals surface area (Å²) in [6, 6.07) is 4.04. The lowest BCUT2D eigenvalue weighted by atomic mass is 9.89. The topological polar surface area (TPSA) is 92.1 Å². The number of nitrogens with one attached hydrogen (secondary N) is 2. The Kier molecular flexibility index (Phi) is 4.99. The van der Waals surface area contributed by atoms with E-state index in [1.54, 1.807) is 12.3 Å². The number of hydrogen-bond donors (Lipinski definition) is 3. The number of hydrogen-bond acceptors (Lipinski definition) is 4. The lowest BCUT2D eigenvalue weighted by Gasteiger charge is -2.41. The first-order valence-electron chi connectivity index (χ1n) is 8.49. The van der Waals surface area contributed by atoms with E-state index in [9.17, 15) is 9.90 Å². The van der Waals surface area contributed by atoms with Crippen molar-refractivity contribution in [2.75, 3.05) is 13.1 Å². The molecule has 124 valence electrons. The minimum Gasteiger partial charge on any atom is -0.391 e. The molecular weight excluding hydrogens is 292 g/mol. The number of nitriles is 1. The highest BCUT2D eigenvalue weighted by Crippen LogP contribution is 2.25. The zero-order chi connectivity index (χ0) is 16.2. The summed E-state index contributed by atoms with van der Waals surface area (Å²) < 4.78 is 0. The fraction of sp³-hybridized carbons (Fsp3) is 0.647. The monoisotopic (exact) mass is 316 g/mol. The Morgan fingerprint density at radius 2 is 2.04 bits per heavy atom. The molecule has 3 rings (SSSR count). The number of aromatic amines is 1. The van der Waals surface area contributed by atoms with Gasteiger partial charge in [0.2, 0.25) is 0 Å². The largest absolute Gasteiger partial charge is 0.391 e. The van der Waals surface area contributed by atoms with E-state index in [1.807, 2.05) is 6.07 Å². The molecule has 0 radical (unpaired) electrons. The van der Waals surface area contributed by atoms with E-state index < -0.39 is 0 Å². The van der Waals surface area contributed by atoms with Crippen LogP contribution in [0.1, 0.15) is 54.6 Å². The minimum atomic E-state index is -0.196. The second kappa shape index (κ2) is 7.16. The molecule has 1 amide bonds. The van der Waals surface area contributed by atoms with E-state index in [0.29, 0.717) is 17.3 Å². The molecule has 1 aliphatic heterocycles. The van der Waals surface area contributed by atoms with Crippen molar-refractivity contribution in [2.45, 2.75) is 56.7 Å². The molecule has 3 N–H and O–H groups in total. The molecule has 6 nitrogen and oxygen atoms in total. The Bertz CT molecular complexity index is 584. The number of carbonyl (C=O) groups is 1. The quantitative estimate of drug-likeness (QED) is 0.785. The molecular formula is C17H24N4O2. The van der Waals surface area contributed by atoms with Crippen molar-refractivity contribution < 1.29 is 9.90 Å². The Balaban J connectivity index is 1.49. The van der Waals surface area contributed by atoms with E-state index in [2.05, 4.69) is 15.2 Å². The van der Waals surface area contributed by atoms with Gasteiger partial charge in [-0.25, -0.2) is 0 Å². The summed E-state index contributed by atoms with van der Waals surface area (Å²) in [6.07, 6.45) is 7.48. The van der Waals surface area contributed by atoms with Gasteiger partial charge in [0.1, 0.15) is 11.8 Å². The Morgan fingerprint density at radius 3 is 2.70 bits per heavy atom. The van der Waals surface area contributed by atoms with E-state index in [0.717, 1.165) is 45.2 Å². The maximum absolute atomic E-state index is 12.2. The Morgan fingerprint density at radius 1 is 1.30 bits per heavy atom. The lowest BCUT2D eigenvalue weighted by molar-refractivity contribution is 0.00726. The molecule has 0 bridgehead atoms. The van der Waals surface area contributed by atoms with Crippen molar-refractivity contribution in [3.63, 3.8) is 0 Å². The van der Waals surface area contributed by atoms with Gasteiger partial charge in [0.05, 0.1) is 11.7 Å². The molecule has 1 saturated carbocycles. The standard InChI is InChI=1S/C17H24N4O2/c18-10-12-9-14(19-11-12)17(23)20-13-5-7-21(8-6-13)15-3-1-2-4-16(15)22/h9,11,13,15-16,19,22H,1-8H2,(H,20,23). The smallest absolute Gasteiger partial charge is 0.267 e. The predicted molar refractivity (Wildman–Crippen MR) is 85.8 cm³/mol. The van der Waals surface area contributed by atoms with Gasteiger partial charge in [-0.05, 0) is 31.7 Å². The molecule has 1 aromatic rings. The van der Waals surface area contributed by atoms with Crippen molar-refractivity contribution in [3.8, 4) is 6.07 Å². The van der Waals surface area contributed by atoms with Crippen LogP contribution in [0.5, 0.6) is 0 Å². The number of nitrogens with zero attached hydrogens (tertiary/aromatic N) is 2. The van der Waals surface area contributed by atoms with E-state index in [-0.39, 0.29) is 18.1 Å². The van der Waals surface area contributed by atoms with Crippen LogP contribution in [0.3, 0.4) is 0 Å². The highest BCUT2D eigenvalue weighted by atomic mass is 16.3. The van der Waals surface area contributed by atoms with Crippen molar-refractivity contribution >= 4 is 5.91 Å². The van der Waals surface area contributed by atoms with Gasteiger partial charge >= 0.3 is 0 Å². The molecule has 6 heteroatoms. The van der Waals surface area contributed by atoms with Crippen LogP contribution < -0.4 is 5.32 Å². The molecule has 2 atom stereocenters. The van der Waals surface area contributed by atoms with Gasteiger partial charge in [-0.15, -0.1) is 0 Å². The van der Waals surface area contributed by atoms with Gasteiger partial charge in [0.15, 0.2) is 0 Å². The van der Waals surface area contributed by atoms with Crippen LogP contribution in [-0.2, 0) is 0 Å². The summed E-state index contributed by atoms with van der Waals surface area (Å²) in [4.78, 5) is 17.4. The fourth-order valence-electron chi connectivity index (χ4n) is 3.75. The summed E-state index contributed by atoms with van der Waals surface area (Å²) in [5.41, 5.74) is 0.905. The van der Waals surface area contributed by atoms with E-state index in [1.165, 1.54) is 6.42 Å². The molecule has 0 spiro atoms. The molecule has 1 aromatic heterocycles. The number of aliphatic hydroxyl groups excluding tert-OH is 1. The van der Waals surface area contributed by atoms with Crippen LogP contribution in [-0.4, -0.2) is 52.2 Å². The summed E-state index contributed by atoms with van der Waals surface area (Å²) >= 11 is 0. The maximum Gasteiger partial charge on any atom is 0.267 e. The third-order valence-corrected chi connectivity index (χ3v) is 5.08. The fourth-order valence-corrected chi connectivity index (χ4v) is 3.75. The molecule has 2 unspecified atom stereocenters. The summed E-state index contributed by atoms with van der Waals surface area (Å²) in [5.74, 6) is -0.150. The van der Waals surface area contributed by atoms with Gasteiger partial charge in [0, 0.05) is 31.4 Å². The van der Waals surface area contributed by atoms with Crippen molar-refractivity contribution in [1.29, 1.82) is 5.26 Å². The van der Waals surface area contributed by atoms with Crippen molar-refractivity contribution in [1.82, 2.24) is 15.2 Å². The molecule has 2 aliphatic rings. The normalized spacial score (nSPS) is 26.6. The number of aliphatic hydroxyl groups is 1. The highest BCUT2D eigenvalue weighted by molar-refractivity contribution is 5.93. The van der Waals surface area contributed by atoms with Gasteiger partial charge in [-0.2, -0.15) is 5.26 Å².